The van der Waals surface area contributed by atoms with Gasteiger partial charge in [0.2, 0.25) is 0 Å². The third-order valence-corrected chi connectivity index (χ3v) is 3.89. The molecule has 0 aliphatic heterocycles. The van der Waals surface area contributed by atoms with Crippen molar-refractivity contribution in [2.45, 2.75) is 12.6 Å². The fourth-order valence-electron chi connectivity index (χ4n) is 1.87. The van der Waals surface area contributed by atoms with Crippen LogP contribution in [0.15, 0.2) is 48.5 Å². The molecule has 1 atom stereocenters. The zero-order valence-corrected chi connectivity index (χ0v) is 14.1. The summed E-state index contributed by atoms with van der Waals surface area (Å²) in [7, 11) is 0. The molecule has 0 spiro atoms. The molecular weight excluding hydrogens is 413 g/mol. The van der Waals surface area contributed by atoms with Gasteiger partial charge < -0.3 is 20.3 Å². The summed E-state index contributed by atoms with van der Waals surface area (Å²) in [4.78, 5) is 23.2. The van der Waals surface area contributed by atoms with Gasteiger partial charge in [0.25, 0.3) is 0 Å². The Labute approximate surface area is 146 Å². The first kappa shape index (κ1) is 17.1. The Morgan fingerprint density at radius 2 is 1.87 bits per heavy atom. The summed E-state index contributed by atoms with van der Waals surface area (Å²) in [5, 5.41) is 21.1. The molecule has 2 aromatic rings. The molecule has 0 aliphatic rings. The van der Waals surface area contributed by atoms with Crippen LogP contribution in [0.2, 0.25) is 0 Å². The van der Waals surface area contributed by atoms with Crippen LogP contribution in [0.1, 0.15) is 17.2 Å². The number of carbonyl (C=O) groups excluding carboxylic acids is 1. The normalized spacial score (nSPS) is 11.5. The van der Waals surface area contributed by atoms with Crippen LogP contribution in [0.25, 0.3) is 0 Å². The van der Waals surface area contributed by atoms with E-state index in [-0.39, 0.29) is 12.4 Å². The van der Waals surface area contributed by atoms with Gasteiger partial charge in [-0.1, -0.05) is 36.4 Å². The average molecular weight is 427 g/mol. The van der Waals surface area contributed by atoms with Crippen LogP contribution >= 0.6 is 22.6 Å². The average Bonchev–Trinajstić information content (AvgIpc) is 2.54. The number of nitrogens with one attached hydrogen (secondary N) is 1. The second-order valence-corrected chi connectivity index (χ2v) is 5.85. The molecule has 1 amide bonds. The first-order chi connectivity index (χ1) is 11.0. The van der Waals surface area contributed by atoms with Crippen molar-refractivity contribution >= 4 is 34.7 Å². The number of carbonyl (C=O) groups is 2. The molecule has 0 heterocycles. The molecule has 0 saturated heterocycles. The molecule has 7 heteroatoms. The number of hydrogen-bond acceptors (Lipinski definition) is 4. The van der Waals surface area contributed by atoms with Gasteiger partial charge in [-0.05, 0) is 45.9 Å². The minimum absolute atomic E-state index is 0.0464. The topological polar surface area (TPSA) is 95.9 Å². The van der Waals surface area contributed by atoms with Crippen molar-refractivity contribution in [1.29, 1.82) is 0 Å². The van der Waals surface area contributed by atoms with Gasteiger partial charge in [0.05, 0.1) is 3.57 Å². The summed E-state index contributed by atoms with van der Waals surface area (Å²) in [6.07, 6.45) is -0.829. The van der Waals surface area contributed by atoms with E-state index in [1.54, 1.807) is 12.1 Å². The van der Waals surface area contributed by atoms with E-state index in [4.69, 9.17) is 4.74 Å². The van der Waals surface area contributed by atoms with Crippen molar-refractivity contribution in [2.75, 3.05) is 0 Å². The van der Waals surface area contributed by atoms with Gasteiger partial charge in [-0.15, -0.1) is 0 Å². The van der Waals surface area contributed by atoms with Crippen molar-refractivity contribution in [3.63, 3.8) is 0 Å². The third kappa shape index (κ3) is 4.85. The van der Waals surface area contributed by atoms with E-state index < -0.39 is 18.1 Å². The molecule has 0 unspecified atom stereocenters. The van der Waals surface area contributed by atoms with E-state index in [1.165, 1.54) is 18.2 Å². The molecular formula is C16H14INO5. The maximum absolute atomic E-state index is 11.8. The lowest BCUT2D eigenvalue weighted by molar-refractivity contribution is -0.139. The molecule has 2 aromatic carbocycles. The predicted molar refractivity (Wildman–Crippen MR) is 91.0 cm³/mol. The number of aliphatic carboxylic acids is 1. The minimum Gasteiger partial charge on any atom is -0.507 e. The zero-order chi connectivity index (χ0) is 16.8. The smallest absolute Gasteiger partial charge is 0.408 e. The van der Waals surface area contributed by atoms with E-state index in [0.717, 1.165) is 5.56 Å². The highest BCUT2D eigenvalue weighted by Gasteiger charge is 2.23. The quantitative estimate of drug-likeness (QED) is 0.638. The van der Waals surface area contributed by atoms with Crippen LogP contribution in [-0.2, 0) is 16.1 Å². The van der Waals surface area contributed by atoms with Crippen molar-refractivity contribution in [2.24, 2.45) is 0 Å². The maximum atomic E-state index is 11.8. The Kier molecular flexibility index (Phi) is 5.80. The standard InChI is InChI=1S/C16H14INO5/c17-12-8-11(6-7-13(12)19)14(15(20)21)18-16(22)23-9-10-4-2-1-3-5-10/h1-8,14,19H,9H2,(H,18,22)(H,20,21)/t14-/m0/s1. The SMILES string of the molecule is O=C(N[C@H](C(=O)O)c1ccc(O)c(I)c1)OCc1ccccc1. The number of ether oxygens (including phenoxy) is 1. The van der Waals surface area contributed by atoms with Crippen LogP contribution in [0, 0.1) is 3.57 Å². The van der Waals surface area contributed by atoms with E-state index >= 15 is 0 Å². The number of hydrogen-bond donors (Lipinski definition) is 3. The Morgan fingerprint density at radius 3 is 2.48 bits per heavy atom. The molecule has 0 radical (unpaired) electrons. The molecule has 2 rings (SSSR count). The lowest BCUT2D eigenvalue weighted by atomic mass is 10.1. The number of alkyl carbamates (subject to hydrolysis) is 1. The number of rotatable bonds is 5. The third-order valence-electron chi connectivity index (χ3n) is 3.03. The second-order valence-electron chi connectivity index (χ2n) is 4.69. The van der Waals surface area contributed by atoms with E-state index in [0.29, 0.717) is 9.13 Å². The van der Waals surface area contributed by atoms with Gasteiger partial charge in [0.15, 0.2) is 6.04 Å². The monoisotopic (exact) mass is 427 g/mol. The van der Waals surface area contributed by atoms with Gasteiger partial charge in [-0.25, -0.2) is 9.59 Å². The second kappa shape index (κ2) is 7.82. The minimum atomic E-state index is -1.26. The van der Waals surface area contributed by atoms with Crippen molar-refractivity contribution in [3.05, 3.63) is 63.2 Å². The van der Waals surface area contributed by atoms with Gasteiger partial charge in [0.1, 0.15) is 12.4 Å². The number of phenolic OH excluding ortho intramolecular Hbond substituents is 1. The van der Waals surface area contributed by atoms with Gasteiger partial charge in [0, 0.05) is 0 Å². The molecule has 120 valence electrons. The summed E-state index contributed by atoms with van der Waals surface area (Å²) in [5.74, 6) is -1.17. The van der Waals surface area contributed by atoms with E-state index in [1.807, 2.05) is 40.8 Å². The molecule has 0 saturated carbocycles. The van der Waals surface area contributed by atoms with Crippen LogP contribution in [0.4, 0.5) is 4.79 Å². The highest BCUT2D eigenvalue weighted by Crippen LogP contribution is 2.24. The Bertz CT molecular complexity index is 705. The largest absolute Gasteiger partial charge is 0.507 e. The van der Waals surface area contributed by atoms with Crippen molar-refractivity contribution in [1.82, 2.24) is 5.32 Å². The van der Waals surface area contributed by atoms with Gasteiger partial charge in [-0.2, -0.15) is 0 Å². The summed E-state index contributed by atoms with van der Waals surface area (Å²) in [6, 6.07) is 12.1. The molecule has 23 heavy (non-hydrogen) atoms. The molecule has 0 fully saturated rings. The van der Waals surface area contributed by atoms with Crippen molar-refractivity contribution in [3.8, 4) is 5.75 Å². The van der Waals surface area contributed by atoms with E-state index in [2.05, 4.69) is 5.32 Å². The number of halogens is 1. The number of carboxylic acid groups (broad SMARTS) is 1. The van der Waals surface area contributed by atoms with Gasteiger partial charge >= 0.3 is 12.1 Å². The summed E-state index contributed by atoms with van der Waals surface area (Å²) in [5.41, 5.74) is 1.14. The number of benzene rings is 2. The zero-order valence-electron chi connectivity index (χ0n) is 11.9. The fourth-order valence-corrected chi connectivity index (χ4v) is 2.41. The first-order valence-electron chi connectivity index (χ1n) is 6.66. The van der Waals surface area contributed by atoms with Crippen LogP contribution in [0.5, 0.6) is 5.75 Å². The number of amides is 1. The Balaban J connectivity index is 2.02. The maximum Gasteiger partial charge on any atom is 0.408 e. The number of aromatic hydroxyl groups is 1. The van der Waals surface area contributed by atoms with Crippen LogP contribution in [0.3, 0.4) is 0 Å². The first-order valence-corrected chi connectivity index (χ1v) is 7.73. The van der Waals surface area contributed by atoms with Crippen LogP contribution < -0.4 is 5.32 Å². The lowest BCUT2D eigenvalue weighted by Crippen LogP contribution is -2.34. The van der Waals surface area contributed by atoms with Crippen LogP contribution in [-0.4, -0.2) is 22.3 Å². The number of carboxylic acids is 1. The van der Waals surface area contributed by atoms with Crippen molar-refractivity contribution < 1.29 is 24.5 Å². The molecule has 0 aliphatic carbocycles. The summed E-state index contributed by atoms with van der Waals surface area (Å²) < 4.78 is 5.51. The highest BCUT2D eigenvalue weighted by molar-refractivity contribution is 14.1. The van der Waals surface area contributed by atoms with E-state index in [9.17, 15) is 19.8 Å². The summed E-state index contributed by atoms with van der Waals surface area (Å²) in [6.45, 7) is 0.0477. The Morgan fingerprint density at radius 1 is 1.17 bits per heavy atom. The fraction of sp³-hybridized carbons (Fsp3) is 0.125. The molecule has 3 N–H and O–H groups in total. The molecule has 6 nitrogen and oxygen atoms in total. The highest BCUT2D eigenvalue weighted by atomic mass is 127. The lowest BCUT2D eigenvalue weighted by Gasteiger charge is -2.15. The molecule has 0 aromatic heterocycles. The summed E-state index contributed by atoms with van der Waals surface area (Å²) >= 11 is 1.88. The molecule has 0 bridgehead atoms. The number of phenols is 1. The Hall–Kier alpha value is -2.29. The predicted octanol–water partition coefficient (Wildman–Crippen LogP) is 3.05. The van der Waals surface area contributed by atoms with Gasteiger partial charge in [-0.3, -0.25) is 0 Å².